The van der Waals surface area contributed by atoms with E-state index in [-0.39, 0.29) is 5.79 Å². The Hall–Kier alpha value is -0.160. The molecule has 2 unspecified atom stereocenters. The van der Waals surface area contributed by atoms with E-state index >= 15 is 0 Å². The quantitative estimate of drug-likeness (QED) is 0.780. The number of likely N-dealkylation sites (tertiary alicyclic amines) is 1. The van der Waals surface area contributed by atoms with Crippen LogP contribution in [-0.2, 0) is 9.47 Å². The predicted molar refractivity (Wildman–Crippen MR) is 65.9 cm³/mol. The van der Waals surface area contributed by atoms with Crippen LogP contribution in [0.5, 0.6) is 0 Å². The van der Waals surface area contributed by atoms with Crippen molar-refractivity contribution in [2.24, 2.45) is 0 Å². The van der Waals surface area contributed by atoms with Crippen molar-refractivity contribution in [3.63, 3.8) is 0 Å². The van der Waals surface area contributed by atoms with Gasteiger partial charge in [0, 0.05) is 12.5 Å². The molecule has 3 fully saturated rings. The topological polar surface area (TPSA) is 33.7 Å². The van der Waals surface area contributed by atoms with Crippen LogP contribution in [0.4, 0.5) is 0 Å². The number of hydrogen-bond donors (Lipinski definition) is 1. The molecule has 3 aliphatic rings. The summed E-state index contributed by atoms with van der Waals surface area (Å²) in [4.78, 5) is 2.59. The molecule has 1 saturated carbocycles. The molecule has 0 aromatic carbocycles. The molecule has 1 spiro atoms. The molecule has 3 rings (SSSR count). The Morgan fingerprint density at radius 1 is 1.12 bits per heavy atom. The van der Waals surface area contributed by atoms with Crippen molar-refractivity contribution in [3.05, 3.63) is 0 Å². The van der Waals surface area contributed by atoms with Gasteiger partial charge in [0.2, 0.25) is 0 Å². The summed E-state index contributed by atoms with van der Waals surface area (Å²) in [5, 5.41) is 3.48. The van der Waals surface area contributed by atoms with Crippen molar-refractivity contribution in [3.8, 4) is 0 Å². The van der Waals surface area contributed by atoms with E-state index in [0.29, 0.717) is 12.1 Å². The predicted octanol–water partition coefficient (Wildman–Crippen LogP) is 0.966. The first-order valence-electron chi connectivity index (χ1n) is 7.05. The van der Waals surface area contributed by atoms with E-state index in [2.05, 4.69) is 17.3 Å². The second-order valence-corrected chi connectivity index (χ2v) is 5.48. The summed E-state index contributed by atoms with van der Waals surface area (Å²) in [7, 11) is 2.07. The van der Waals surface area contributed by atoms with Gasteiger partial charge in [-0.2, -0.15) is 0 Å². The van der Waals surface area contributed by atoms with Crippen LogP contribution in [-0.4, -0.2) is 56.1 Å². The van der Waals surface area contributed by atoms with Crippen molar-refractivity contribution >= 4 is 0 Å². The van der Waals surface area contributed by atoms with Gasteiger partial charge in [0.15, 0.2) is 5.79 Å². The van der Waals surface area contributed by atoms with Gasteiger partial charge < -0.3 is 14.8 Å². The molecule has 1 aliphatic carbocycles. The van der Waals surface area contributed by atoms with Crippen molar-refractivity contribution in [1.29, 1.82) is 0 Å². The second-order valence-electron chi connectivity index (χ2n) is 5.48. The lowest BCUT2D eigenvalue weighted by molar-refractivity contribution is -0.222. The summed E-state index contributed by atoms with van der Waals surface area (Å²) < 4.78 is 12.1. The number of hydrogen-bond acceptors (Lipinski definition) is 4. The van der Waals surface area contributed by atoms with Crippen LogP contribution in [0.1, 0.15) is 32.1 Å². The minimum Gasteiger partial charge on any atom is -0.346 e. The summed E-state index contributed by atoms with van der Waals surface area (Å²) in [6.45, 7) is 3.94. The van der Waals surface area contributed by atoms with Crippen LogP contribution in [0.25, 0.3) is 0 Å². The zero-order chi connectivity index (χ0) is 11.7. The van der Waals surface area contributed by atoms with E-state index in [1.165, 1.54) is 38.8 Å². The normalized spacial score (nSPS) is 37.9. The van der Waals surface area contributed by atoms with E-state index in [0.717, 1.165) is 19.6 Å². The van der Waals surface area contributed by atoms with Crippen LogP contribution in [0.2, 0.25) is 0 Å². The van der Waals surface area contributed by atoms with Crippen molar-refractivity contribution < 1.29 is 9.47 Å². The lowest BCUT2D eigenvalue weighted by Crippen LogP contribution is -2.63. The maximum absolute atomic E-state index is 6.03. The zero-order valence-corrected chi connectivity index (χ0v) is 10.8. The highest BCUT2D eigenvalue weighted by Crippen LogP contribution is 2.40. The van der Waals surface area contributed by atoms with E-state index in [9.17, 15) is 0 Å². The van der Waals surface area contributed by atoms with Gasteiger partial charge in [0.25, 0.3) is 0 Å². The highest BCUT2D eigenvalue weighted by molar-refractivity contribution is 5.01. The molecular formula is C13H24N2O2. The van der Waals surface area contributed by atoms with Crippen LogP contribution in [0.3, 0.4) is 0 Å². The Balaban J connectivity index is 1.84. The van der Waals surface area contributed by atoms with E-state index < -0.39 is 0 Å². The molecule has 0 aromatic rings. The van der Waals surface area contributed by atoms with Gasteiger partial charge >= 0.3 is 0 Å². The molecule has 17 heavy (non-hydrogen) atoms. The molecule has 2 aliphatic heterocycles. The minimum absolute atomic E-state index is 0.309. The van der Waals surface area contributed by atoms with Crippen LogP contribution in [0.15, 0.2) is 0 Å². The number of rotatable bonds is 2. The summed E-state index contributed by atoms with van der Waals surface area (Å²) in [5.41, 5.74) is 0. The third kappa shape index (κ3) is 2.01. The molecule has 4 heteroatoms. The van der Waals surface area contributed by atoms with Gasteiger partial charge in [0.05, 0.1) is 19.3 Å². The third-order valence-electron chi connectivity index (χ3n) is 4.55. The minimum atomic E-state index is -0.309. The Labute approximate surface area is 104 Å². The van der Waals surface area contributed by atoms with Gasteiger partial charge in [-0.1, -0.05) is 0 Å². The first-order valence-corrected chi connectivity index (χ1v) is 7.05. The first-order chi connectivity index (χ1) is 8.36. The SMILES string of the molecule is CNC1CCCC2(OCCO2)C1N1CCCC1. The fourth-order valence-electron chi connectivity index (χ4n) is 3.82. The Kier molecular flexibility index (Phi) is 3.39. The van der Waals surface area contributed by atoms with Gasteiger partial charge in [-0.25, -0.2) is 0 Å². The molecule has 0 amide bonds. The average molecular weight is 240 g/mol. The fourth-order valence-corrected chi connectivity index (χ4v) is 3.82. The molecule has 0 aromatic heterocycles. The molecule has 2 saturated heterocycles. The van der Waals surface area contributed by atoms with Crippen molar-refractivity contribution in [2.75, 3.05) is 33.4 Å². The maximum Gasteiger partial charge on any atom is 0.185 e. The monoisotopic (exact) mass is 240 g/mol. The van der Waals surface area contributed by atoms with Crippen molar-refractivity contribution in [1.82, 2.24) is 10.2 Å². The largest absolute Gasteiger partial charge is 0.346 e. The second kappa shape index (κ2) is 4.84. The first kappa shape index (κ1) is 11.9. The van der Waals surface area contributed by atoms with E-state index in [1.807, 2.05) is 0 Å². The lowest BCUT2D eigenvalue weighted by atomic mass is 9.83. The lowest BCUT2D eigenvalue weighted by Gasteiger charge is -2.48. The average Bonchev–Trinajstić information content (AvgIpc) is 3.01. The number of nitrogens with zero attached hydrogens (tertiary/aromatic N) is 1. The highest BCUT2D eigenvalue weighted by Gasteiger charge is 2.52. The molecule has 4 nitrogen and oxygen atoms in total. The Bertz CT molecular complexity index is 258. The third-order valence-corrected chi connectivity index (χ3v) is 4.55. The van der Waals surface area contributed by atoms with Gasteiger partial charge in [-0.3, -0.25) is 4.90 Å². The standard InChI is InChI=1S/C13H24N2O2/c1-14-11-5-4-6-13(16-9-10-17-13)12(11)15-7-2-3-8-15/h11-12,14H,2-10H2,1H3. The summed E-state index contributed by atoms with van der Waals surface area (Å²) in [6.07, 6.45) is 6.15. The maximum atomic E-state index is 6.03. The molecule has 2 atom stereocenters. The molecule has 2 heterocycles. The van der Waals surface area contributed by atoms with E-state index in [4.69, 9.17) is 9.47 Å². The summed E-state index contributed by atoms with van der Waals surface area (Å²) >= 11 is 0. The zero-order valence-electron chi connectivity index (χ0n) is 10.8. The molecule has 1 N–H and O–H groups in total. The Morgan fingerprint density at radius 3 is 2.47 bits per heavy atom. The highest BCUT2D eigenvalue weighted by atomic mass is 16.7. The smallest absolute Gasteiger partial charge is 0.185 e. The van der Waals surface area contributed by atoms with Crippen LogP contribution < -0.4 is 5.32 Å². The molecular weight excluding hydrogens is 216 g/mol. The van der Waals surface area contributed by atoms with Crippen LogP contribution >= 0.6 is 0 Å². The van der Waals surface area contributed by atoms with Crippen LogP contribution in [0, 0.1) is 0 Å². The fraction of sp³-hybridized carbons (Fsp3) is 1.00. The molecule has 0 radical (unpaired) electrons. The Morgan fingerprint density at radius 2 is 1.82 bits per heavy atom. The number of nitrogens with one attached hydrogen (secondary N) is 1. The molecule has 98 valence electrons. The number of ether oxygens (including phenoxy) is 2. The van der Waals surface area contributed by atoms with Gasteiger partial charge in [-0.05, 0) is 45.8 Å². The van der Waals surface area contributed by atoms with Crippen molar-refractivity contribution in [2.45, 2.75) is 50.0 Å². The number of likely N-dealkylation sites (N-methyl/N-ethyl adjacent to an activating group) is 1. The van der Waals surface area contributed by atoms with E-state index in [1.54, 1.807) is 0 Å². The summed E-state index contributed by atoms with van der Waals surface area (Å²) in [6, 6.07) is 0.922. The van der Waals surface area contributed by atoms with Gasteiger partial charge in [0.1, 0.15) is 0 Å². The summed E-state index contributed by atoms with van der Waals surface area (Å²) in [5.74, 6) is -0.309. The van der Waals surface area contributed by atoms with Gasteiger partial charge in [-0.15, -0.1) is 0 Å². The molecule has 0 bridgehead atoms.